The van der Waals surface area contributed by atoms with Crippen molar-refractivity contribution in [3.63, 3.8) is 0 Å². The molecule has 3 N–H and O–H groups in total. The highest BCUT2D eigenvalue weighted by Crippen LogP contribution is 2.32. The van der Waals surface area contributed by atoms with Gasteiger partial charge in [-0.1, -0.05) is 45.1 Å². The molecule has 1 aliphatic rings. The number of rotatable bonds is 8. The summed E-state index contributed by atoms with van der Waals surface area (Å²) in [6, 6.07) is 3.55. The van der Waals surface area contributed by atoms with Crippen LogP contribution in [-0.2, 0) is 6.18 Å². The van der Waals surface area contributed by atoms with Crippen molar-refractivity contribution in [2.75, 3.05) is 27.7 Å². The van der Waals surface area contributed by atoms with Crippen molar-refractivity contribution in [1.29, 1.82) is 0 Å². The van der Waals surface area contributed by atoms with Crippen LogP contribution in [0.4, 0.5) is 26.3 Å². The van der Waals surface area contributed by atoms with Gasteiger partial charge in [0.1, 0.15) is 5.82 Å². The molecule has 1 unspecified atom stereocenters. The Morgan fingerprint density at radius 2 is 1.74 bits per heavy atom. The van der Waals surface area contributed by atoms with Crippen molar-refractivity contribution in [3.8, 4) is 0 Å². The molecule has 5 nitrogen and oxygen atoms in total. The third-order valence-corrected chi connectivity index (χ3v) is 6.51. The number of hydrogen-bond acceptors (Lipinski definition) is 4. The molecule has 11 heteroatoms. The lowest BCUT2D eigenvalue weighted by Crippen LogP contribution is -2.39. The van der Waals surface area contributed by atoms with Crippen LogP contribution in [-0.4, -0.2) is 59.8 Å². The first-order valence-corrected chi connectivity index (χ1v) is 14.2. The molecule has 236 valence electrons. The van der Waals surface area contributed by atoms with Crippen LogP contribution < -0.4 is 5.73 Å². The Balaban J connectivity index is 0.000000443. The molecule has 3 rings (SSSR count). The summed E-state index contributed by atoms with van der Waals surface area (Å²) in [7, 11) is 5.72. The first-order chi connectivity index (χ1) is 19.7. The van der Waals surface area contributed by atoms with Crippen molar-refractivity contribution in [2.45, 2.75) is 78.3 Å². The number of likely N-dealkylation sites (N-methyl/N-ethyl adjacent to an activating group) is 1. The number of nitrogens with two attached hydrogens (primary N) is 1. The number of H-pyrrole nitrogens is 1. The molecule has 1 aliphatic carbocycles. The van der Waals surface area contributed by atoms with Crippen LogP contribution in [0.25, 0.3) is 16.6 Å². The van der Waals surface area contributed by atoms with Crippen LogP contribution in [0, 0.1) is 0 Å². The lowest BCUT2D eigenvalue weighted by Gasteiger charge is -2.24. The number of aromatic amines is 1. The van der Waals surface area contributed by atoms with E-state index in [0.717, 1.165) is 42.8 Å². The minimum absolute atomic E-state index is 0.0469. The first kappa shape index (κ1) is 37.0. The molecule has 0 amide bonds. The average Bonchev–Trinajstić information content (AvgIpc) is 3.32. The first-order valence-electron chi connectivity index (χ1n) is 14.2. The largest absolute Gasteiger partial charge is 0.416 e. The SMILES string of the molecule is C/C=C(\CCC(N)N(C)CCC)c1nc2ccc(C(F)(F)F)cc2[nH]1.CC.CN(C)/C1=C/C/C=C(/C(F)(F)F)CC=C1. The molecule has 1 heterocycles. The van der Waals surface area contributed by atoms with E-state index >= 15 is 0 Å². The van der Waals surface area contributed by atoms with Gasteiger partial charge in [-0.05, 0) is 82.5 Å². The second kappa shape index (κ2) is 17.2. The third kappa shape index (κ3) is 11.7. The zero-order valence-corrected chi connectivity index (χ0v) is 25.6. The van der Waals surface area contributed by atoms with Crippen LogP contribution in [0.2, 0.25) is 0 Å². The number of aromatic nitrogens is 2. The van der Waals surface area contributed by atoms with Gasteiger partial charge in [-0.15, -0.1) is 0 Å². The number of allylic oxidation sites excluding steroid dienone is 7. The number of nitrogens with one attached hydrogen (secondary N) is 1. The van der Waals surface area contributed by atoms with Crippen molar-refractivity contribution in [1.82, 2.24) is 19.8 Å². The number of benzene rings is 1. The fraction of sp³-hybridized carbons (Fsp3) is 0.516. The third-order valence-electron chi connectivity index (χ3n) is 6.51. The van der Waals surface area contributed by atoms with Crippen LogP contribution in [0.15, 0.2) is 59.8 Å². The maximum Gasteiger partial charge on any atom is 0.416 e. The van der Waals surface area contributed by atoms with Crippen LogP contribution in [0.3, 0.4) is 0 Å². The van der Waals surface area contributed by atoms with Gasteiger partial charge in [0.15, 0.2) is 0 Å². The molecule has 0 saturated heterocycles. The van der Waals surface area contributed by atoms with Crippen molar-refractivity contribution < 1.29 is 26.3 Å². The fourth-order valence-electron chi connectivity index (χ4n) is 4.12. The number of alkyl halides is 6. The van der Waals surface area contributed by atoms with Gasteiger partial charge >= 0.3 is 12.4 Å². The Labute approximate surface area is 245 Å². The van der Waals surface area contributed by atoms with E-state index in [1.54, 1.807) is 18.2 Å². The zero-order valence-electron chi connectivity index (χ0n) is 25.6. The van der Waals surface area contributed by atoms with E-state index in [1.165, 1.54) is 12.1 Å². The fourth-order valence-corrected chi connectivity index (χ4v) is 4.12. The summed E-state index contributed by atoms with van der Waals surface area (Å²) in [6.07, 6.45) is 2.36. The minimum Gasteiger partial charge on any atom is -0.378 e. The number of nitrogens with zero attached hydrogens (tertiary/aromatic N) is 3. The Morgan fingerprint density at radius 1 is 1.07 bits per heavy atom. The lowest BCUT2D eigenvalue weighted by molar-refractivity contribution is -0.137. The molecule has 0 radical (unpaired) electrons. The normalized spacial score (nSPS) is 17.5. The number of halogens is 6. The molecular formula is C31H45F6N5. The van der Waals surface area contributed by atoms with Gasteiger partial charge in [0, 0.05) is 25.4 Å². The minimum atomic E-state index is -4.36. The molecule has 0 saturated carbocycles. The quantitative estimate of drug-likeness (QED) is 0.181. The van der Waals surface area contributed by atoms with Gasteiger partial charge in [0.05, 0.1) is 22.8 Å². The Hall–Kier alpha value is -3.05. The topological polar surface area (TPSA) is 61.2 Å². The van der Waals surface area contributed by atoms with Crippen molar-refractivity contribution in [3.05, 3.63) is 71.2 Å². The van der Waals surface area contributed by atoms with E-state index in [-0.39, 0.29) is 12.6 Å². The van der Waals surface area contributed by atoms with Gasteiger partial charge in [0.2, 0.25) is 0 Å². The molecule has 1 aromatic carbocycles. The van der Waals surface area contributed by atoms with Crippen molar-refractivity contribution in [2.24, 2.45) is 5.73 Å². The molecule has 1 aromatic heterocycles. The average molecular weight is 602 g/mol. The molecule has 0 aliphatic heterocycles. The summed E-state index contributed by atoms with van der Waals surface area (Å²) in [5.41, 5.74) is 7.82. The summed E-state index contributed by atoms with van der Waals surface area (Å²) < 4.78 is 75.6. The molecular weight excluding hydrogens is 556 g/mol. The maximum atomic E-state index is 12.8. The van der Waals surface area contributed by atoms with E-state index in [9.17, 15) is 26.3 Å². The highest BCUT2D eigenvalue weighted by molar-refractivity contribution is 5.79. The summed E-state index contributed by atoms with van der Waals surface area (Å²) in [6.45, 7) is 8.92. The van der Waals surface area contributed by atoms with Gasteiger partial charge in [0.25, 0.3) is 0 Å². The molecule has 0 bridgehead atoms. The Kier molecular flexibility index (Phi) is 15.1. The number of fused-ring (bicyclic) bond motifs is 1. The zero-order chi connectivity index (χ0) is 32.1. The van der Waals surface area contributed by atoms with E-state index in [1.807, 2.05) is 52.9 Å². The Morgan fingerprint density at radius 3 is 2.29 bits per heavy atom. The number of imidazole rings is 1. The van der Waals surface area contributed by atoms with Crippen LogP contribution >= 0.6 is 0 Å². The predicted octanol–water partition coefficient (Wildman–Crippen LogP) is 8.69. The number of hydrogen-bond donors (Lipinski definition) is 2. The molecule has 0 fully saturated rings. The van der Waals surface area contributed by atoms with Crippen LogP contribution in [0.5, 0.6) is 0 Å². The van der Waals surface area contributed by atoms with Gasteiger partial charge in [-0.3, -0.25) is 4.90 Å². The van der Waals surface area contributed by atoms with Gasteiger partial charge in [-0.25, -0.2) is 4.98 Å². The van der Waals surface area contributed by atoms with E-state index in [2.05, 4.69) is 21.8 Å². The summed E-state index contributed by atoms with van der Waals surface area (Å²) >= 11 is 0. The van der Waals surface area contributed by atoms with Crippen molar-refractivity contribution >= 4 is 16.6 Å². The van der Waals surface area contributed by atoms with Crippen LogP contribution in [0.1, 0.15) is 71.2 Å². The maximum absolute atomic E-state index is 12.8. The summed E-state index contributed by atoms with van der Waals surface area (Å²) in [4.78, 5) is 11.4. The predicted molar refractivity (Wildman–Crippen MR) is 161 cm³/mol. The summed E-state index contributed by atoms with van der Waals surface area (Å²) in [5, 5.41) is 0. The standard InChI is InChI=1S/C18H25F3N4.C11H14F3N.C2H6/c1-4-10-25(3)16(22)9-6-12(5-2)17-23-14-8-7-13(18(19,20)21)11-15(14)24-17;1-15(2)10-7-3-5-9(6-4-8-10)11(12,13)14;1-2/h5,7-8,11,16H,4,6,9-10,22H2,1-3H3,(H,23,24);3,6-8H,4-5H2,1-2H3;1-2H3/b12-5+;7-3?,9-6+,10-8+;. The summed E-state index contributed by atoms with van der Waals surface area (Å²) in [5.74, 6) is 0.599. The smallest absolute Gasteiger partial charge is 0.378 e. The van der Waals surface area contributed by atoms with E-state index in [4.69, 9.17) is 5.73 Å². The lowest BCUT2D eigenvalue weighted by atomic mass is 10.1. The second-order valence-electron chi connectivity index (χ2n) is 9.81. The van der Waals surface area contributed by atoms with Gasteiger partial charge in [-0.2, -0.15) is 26.3 Å². The molecule has 0 spiro atoms. The molecule has 2 aromatic rings. The highest BCUT2D eigenvalue weighted by atomic mass is 19.4. The molecule has 1 atom stereocenters. The monoisotopic (exact) mass is 601 g/mol. The van der Waals surface area contributed by atoms with E-state index < -0.39 is 23.5 Å². The second-order valence-corrected chi connectivity index (χ2v) is 9.81. The highest BCUT2D eigenvalue weighted by Gasteiger charge is 2.32. The van der Waals surface area contributed by atoms with E-state index in [0.29, 0.717) is 29.7 Å². The van der Waals surface area contributed by atoms with Gasteiger partial charge < -0.3 is 15.6 Å². The molecule has 42 heavy (non-hydrogen) atoms. The Bertz CT molecular complexity index is 1220.